The van der Waals surface area contributed by atoms with E-state index in [0.29, 0.717) is 0 Å². The van der Waals surface area contributed by atoms with Crippen molar-refractivity contribution in [2.45, 2.75) is 13.8 Å². The smallest absolute Gasteiger partial charge is 0.0524 e. The molecule has 80 valence electrons. The largest absolute Gasteiger partial charge is 0.140 e. The van der Waals surface area contributed by atoms with Crippen molar-refractivity contribution in [2.24, 2.45) is 0 Å². The van der Waals surface area contributed by atoms with E-state index in [1.54, 1.807) is 0 Å². The van der Waals surface area contributed by atoms with Gasteiger partial charge in [0, 0.05) is 20.0 Å². The number of aryl methyl sites for hydroxylation is 2. The van der Waals surface area contributed by atoms with Gasteiger partial charge < -0.3 is 0 Å². The van der Waals surface area contributed by atoms with Crippen LogP contribution >= 0.6 is 22.7 Å². The molecule has 0 unspecified atom stereocenters. The van der Waals surface area contributed by atoms with Gasteiger partial charge >= 0.3 is 0 Å². The van der Waals surface area contributed by atoms with Gasteiger partial charge in [0.1, 0.15) is 0 Å². The van der Waals surface area contributed by atoms with Crippen molar-refractivity contribution in [2.75, 3.05) is 0 Å². The van der Waals surface area contributed by atoms with Crippen LogP contribution in [0.3, 0.4) is 0 Å². The summed E-state index contributed by atoms with van der Waals surface area (Å²) in [6.45, 7) is 4.37. The molecule has 0 bridgehead atoms. The maximum Gasteiger partial charge on any atom is 0.0524 e. The summed E-state index contributed by atoms with van der Waals surface area (Å²) in [4.78, 5) is 5.61. The molecule has 2 heterocycles. The van der Waals surface area contributed by atoms with E-state index in [0.717, 1.165) is 0 Å². The van der Waals surface area contributed by atoms with Crippen LogP contribution in [0.4, 0.5) is 0 Å². The van der Waals surface area contributed by atoms with Crippen LogP contribution in [0.25, 0.3) is 20.5 Å². The Morgan fingerprint density at radius 3 is 2.25 bits per heavy atom. The quantitative estimate of drug-likeness (QED) is 0.548. The van der Waals surface area contributed by atoms with Crippen molar-refractivity contribution in [3.63, 3.8) is 0 Å². The molecule has 0 saturated heterocycles. The third-order valence-electron chi connectivity index (χ3n) is 2.77. The van der Waals surface area contributed by atoms with E-state index in [1.165, 1.54) is 30.3 Å². The molecule has 2 heteroatoms. The molecular formula is C14H12S2. The Balaban J connectivity index is 2.32. The van der Waals surface area contributed by atoms with Crippen molar-refractivity contribution in [1.29, 1.82) is 0 Å². The fourth-order valence-electron chi connectivity index (χ4n) is 1.99. The second-order valence-corrected chi connectivity index (χ2v) is 6.46. The molecule has 0 atom stereocenters. The molecule has 2 aromatic heterocycles. The first-order valence-corrected chi connectivity index (χ1v) is 6.94. The molecule has 0 aliphatic rings. The summed E-state index contributed by atoms with van der Waals surface area (Å²) < 4.78 is 0. The Labute approximate surface area is 103 Å². The Hall–Kier alpha value is -1.12. The molecule has 0 spiro atoms. The number of hydrogen-bond donors (Lipinski definition) is 0. The van der Waals surface area contributed by atoms with E-state index in [9.17, 15) is 0 Å². The second kappa shape index (κ2) is 3.72. The summed E-state index contributed by atoms with van der Waals surface area (Å²) >= 11 is 3.78. The Kier molecular flexibility index (Phi) is 2.34. The predicted molar refractivity (Wildman–Crippen MR) is 74.6 cm³/mol. The topological polar surface area (TPSA) is 0 Å². The van der Waals surface area contributed by atoms with Crippen molar-refractivity contribution in [1.82, 2.24) is 0 Å². The average Bonchev–Trinajstić information content (AvgIpc) is 2.84. The van der Waals surface area contributed by atoms with Crippen LogP contribution in [0.5, 0.6) is 0 Å². The third kappa shape index (κ3) is 1.49. The fraction of sp³-hybridized carbons (Fsp3) is 0.143. The monoisotopic (exact) mass is 244 g/mol. The molecule has 0 aliphatic carbocycles. The van der Waals surface area contributed by atoms with E-state index in [4.69, 9.17) is 0 Å². The van der Waals surface area contributed by atoms with Crippen LogP contribution < -0.4 is 0 Å². The van der Waals surface area contributed by atoms with E-state index in [2.05, 4.69) is 50.2 Å². The highest BCUT2D eigenvalue weighted by atomic mass is 32.1. The summed E-state index contributed by atoms with van der Waals surface area (Å²) in [6.07, 6.45) is 0. The summed E-state index contributed by atoms with van der Waals surface area (Å²) in [5, 5.41) is 2.79. The van der Waals surface area contributed by atoms with Gasteiger partial charge in [0.25, 0.3) is 0 Å². The first-order chi connectivity index (χ1) is 7.75. The molecule has 3 aromatic rings. The van der Waals surface area contributed by atoms with Crippen LogP contribution in [-0.2, 0) is 0 Å². The molecular weight excluding hydrogens is 232 g/mol. The van der Waals surface area contributed by atoms with Gasteiger partial charge in [-0.15, -0.1) is 22.7 Å². The molecule has 3 rings (SSSR count). The third-order valence-corrected chi connectivity index (χ3v) is 5.09. The summed E-state index contributed by atoms with van der Waals surface area (Å²) in [6, 6.07) is 13.1. The first-order valence-electron chi connectivity index (χ1n) is 5.30. The number of fused-ring (bicyclic) bond motifs is 1. The van der Waals surface area contributed by atoms with Crippen molar-refractivity contribution in [3.05, 3.63) is 46.2 Å². The maximum atomic E-state index is 2.23. The Morgan fingerprint density at radius 2 is 1.56 bits per heavy atom. The normalized spacial score (nSPS) is 11.1. The molecule has 0 saturated carbocycles. The summed E-state index contributed by atoms with van der Waals surface area (Å²) in [5.74, 6) is 0. The maximum absolute atomic E-state index is 2.23. The zero-order valence-electron chi connectivity index (χ0n) is 9.28. The molecule has 0 aliphatic heterocycles. The fourth-order valence-corrected chi connectivity index (χ4v) is 4.11. The van der Waals surface area contributed by atoms with E-state index in [1.807, 2.05) is 22.7 Å². The minimum absolute atomic E-state index is 1.38. The van der Waals surface area contributed by atoms with Crippen molar-refractivity contribution >= 4 is 33.4 Å². The number of hydrogen-bond acceptors (Lipinski definition) is 2. The minimum Gasteiger partial charge on any atom is -0.140 e. The van der Waals surface area contributed by atoms with Gasteiger partial charge in [-0.2, -0.15) is 0 Å². The van der Waals surface area contributed by atoms with Gasteiger partial charge in [-0.3, -0.25) is 0 Å². The van der Waals surface area contributed by atoms with Crippen molar-refractivity contribution < 1.29 is 0 Å². The zero-order chi connectivity index (χ0) is 11.1. The first kappa shape index (κ1) is 10.1. The minimum atomic E-state index is 1.38. The molecule has 16 heavy (non-hydrogen) atoms. The number of benzene rings is 1. The van der Waals surface area contributed by atoms with Crippen LogP contribution in [0.1, 0.15) is 9.75 Å². The van der Waals surface area contributed by atoms with E-state index >= 15 is 0 Å². The number of rotatable bonds is 1. The van der Waals surface area contributed by atoms with Crippen LogP contribution in [-0.4, -0.2) is 0 Å². The average molecular weight is 244 g/mol. The lowest BCUT2D eigenvalue weighted by molar-refractivity contribution is 1.64. The molecule has 0 nitrogen and oxygen atoms in total. The van der Waals surface area contributed by atoms with Crippen LogP contribution in [0.15, 0.2) is 36.4 Å². The number of thiophene rings is 2. The van der Waals surface area contributed by atoms with Crippen LogP contribution in [0.2, 0.25) is 0 Å². The molecule has 0 radical (unpaired) electrons. The standard InChI is InChI=1S/C14H12S2/c1-9-7-8-13(15-9)14-12-6-4-3-5-11(12)10(2)16-14/h3-8H,1-2H3. The van der Waals surface area contributed by atoms with Gasteiger partial charge in [0.2, 0.25) is 0 Å². The SMILES string of the molecule is Cc1ccc(-c2sc(C)c3ccccc23)s1. The molecule has 0 N–H and O–H groups in total. The van der Waals surface area contributed by atoms with Gasteiger partial charge in [-0.1, -0.05) is 24.3 Å². The van der Waals surface area contributed by atoms with Gasteiger partial charge in [-0.05, 0) is 31.4 Å². The highest BCUT2D eigenvalue weighted by Crippen LogP contribution is 2.40. The van der Waals surface area contributed by atoms with Gasteiger partial charge in [0.05, 0.1) is 4.88 Å². The zero-order valence-corrected chi connectivity index (χ0v) is 10.9. The lowest BCUT2D eigenvalue weighted by Crippen LogP contribution is -1.67. The second-order valence-electron chi connectivity index (χ2n) is 3.94. The molecule has 0 fully saturated rings. The Bertz CT molecular complexity index is 644. The van der Waals surface area contributed by atoms with Crippen LogP contribution in [0, 0.1) is 13.8 Å². The lowest BCUT2D eigenvalue weighted by atomic mass is 10.1. The predicted octanol–water partition coefficient (Wildman–Crippen LogP) is 5.25. The van der Waals surface area contributed by atoms with E-state index < -0.39 is 0 Å². The van der Waals surface area contributed by atoms with E-state index in [-0.39, 0.29) is 0 Å². The molecule has 0 amide bonds. The Morgan fingerprint density at radius 1 is 0.812 bits per heavy atom. The van der Waals surface area contributed by atoms with Gasteiger partial charge in [0.15, 0.2) is 0 Å². The van der Waals surface area contributed by atoms with Gasteiger partial charge in [-0.25, -0.2) is 0 Å². The highest BCUT2D eigenvalue weighted by molar-refractivity contribution is 7.23. The summed E-state index contributed by atoms with van der Waals surface area (Å²) in [7, 11) is 0. The lowest BCUT2D eigenvalue weighted by Gasteiger charge is -1.93. The molecule has 1 aromatic carbocycles. The summed E-state index contributed by atoms with van der Waals surface area (Å²) in [5.41, 5.74) is 0. The van der Waals surface area contributed by atoms with Crippen molar-refractivity contribution in [3.8, 4) is 9.75 Å². The highest BCUT2D eigenvalue weighted by Gasteiger charge is 2.10.